The summed E-state index contributed by atoms with van der Waals surface area (Å²) in [7, 11) is 3.98. The molecule has 2 N–H and O–H groups in total. The fourth-order valence-electron chi connectivity index (χ4n) is 2.08. The molecule has 2 aromatic rings. The third kappa shape index (κ3) is 4.16. The Morgan fingerprint density at radius 1 is 1.47 bits per heavy atom. The van der Waals surface area contributed by atoms with Crippen molar-refractivity contribution in [2.24, 2.45) is 12.8 Å². The topological polar surface area (TPSA) is 47.1 Å². The molecule has 1 aromatic carbocycles. The van der Waals surface area contributed by atoms with Gasteiger partial charge in [-0.25, -0.2) is 0 Å². The Hall–Kier alpha value is -1.17. The summed E-state index contributed by atoms with van der Waals surface area (Å²) in [6, 6.07) is 8.33. The molecule has 0 spiro atoms. The molecule has 0 aliphatic carbocycles. The van der Waals surface area contributed by atoms with Gasteiger partial charge in [0, 0.05) is 42.4 Å². The van der Waals surface area contributed by atoms with Crippen LogP contribution in [0, 0.1) is 0 Å². The number of hydrogen-bond acceptors (Lipinski definition) is 3. The van der Waals surface area contributed by atoms with Gasteiger partial charge < -0.3 is 10.6 Å². The van der Waals surface area contributed by atoms with Crippen LogP contribution in [0.15, 0.2) is 41.1 Å². The first kappa shape index (κ1) is 14.2. The number of hydrogen-bond donors (Lipinski definition) is 1. The summed E-state index contributed by atoms with van der Waals surface area (Å²) in [5.74, 6) is 0. The zero-order chi connectivity index (χ0) is 13.8. The monoisotopic (exact) mass is 322 g/mol. The fourth-order valence-corrected chi connectivity index (χ4v) is 2.53. The Morgan fingerprint density at radius 3 is 2.89 bits per heavy atom. The van der Waals surface area contributed by atoms with E-state index in [1.807, 2.05) is 31.6 Å². The molecule has 1 atom stereocenters. The molecule has 0 aliphatic rings. The van der Waals surface area contributed by atoms with Crippen molar-refractivity contribution in [1.29, 1.82) is 0 Å². The minimum absolute atomic E-state index is 0.00847. The van der Waals surface area contributed by atoms with Crippen LogP contribution in [0.2, 0.25) is 0 Å². The second-order valence-electron chi connectivity index (χ2n) is 4.88. The number of likely N-dealkylation sites (N-methyl/N-ethyl adjacent to an activating group) is 1. The number of nitrogens with zero attached hydrogens (tertiary/aromatic N) is 3. The molecule has 0 aliphatic heterocycles. The summed E-state index contributed by atoms with van der Waals surface area (Å²) < 4.78 is 2.89. The normalized spacial score (nSPS) is 12.9. The Kier molecular flexibility index (Phi) is 4.74. The molecule has 19 heavy (non-hydrogen) atoms. The molecule has 2 rings (SSSR count). The fraction of sp³-hybridized carbons (Fsp3) is 0.357. The molecule has 0 radical (unpaired) electrons. The predicted molar refractivity (Wildman–Crippen MR) is 80.6 cm³/mol. The largest absolute Gasteiger partial charge is 0.323 e. The third-order valence-corrected chi connectivity index (χ3v) is 3.50. The van der Waals surface area contributed by atoms with Gasteiger partial charge in [-0.1, -0.05) is 28.1 Å². The second-order valence-corrected chi connectivity index (χ2v) is 5.80. The van der Waals surface area contributed by atoms with Gasteiger partial charge in [-0.3, -0.25) is 4.68 Å². The molecule has 0 saturated carbocycles. The van der Waals surface area contributed by atoms with Gasteiger partial charge in [-0.05, 0) is 24.7 Å². The van der Waals surface area contributed by atoms with E-state index in [1.54, 1.807) is 4.68 Å². The SMILES string of the molecule is CN(Cc1cccc(Br)c1)CC(N)c1cnn(C)c1. The maximum atomic E-state index is 6.19. The van der Waals surface area contributed by atoms with Gasteiger partial charge in [-0.15, -0.1) is 0 Å². The number of halogens is 1. The van der Waals surface area contributed by atoms with E-state index in [-0.39, 0.29) is 6.04 Å². The number of benzene rings is 1. The zero-order valence-corrected chi connectivity index (χ0v) is 12.8. The van der Waals surface area contributed by atoms with Gasteiger partial charge in [0.25, 0.3) is 0 Å². The van der Waals surface area contributed by atoms with E-state index >= 15 is 0 Å². The average Bonchev–Trinajstić information content (AvgIpc) is 2.75. The summed E-state index contributed by atoms with van der Waals surface area (Å²) in [5.41, 5.74) is 8.53. The van der Waals surface area contributed by atoms with Crippen LogP contribution in [0.3, 0.4) is 0 Å². The van der Waals surface area contributed by atoms with Crippen LogP contribution in [-0.4, -0.2) is 28.3 Å². The Balaban J connectivity index is 1.92. The summed E-state index contributed by atoms with van der Waals surface area (Å²) in [6.45, 7) is 1.69. The standard InChI is InChI=1S/C14H19BrN4/c1-18(8-11-4-3-5-13(15)6-11)10-14(16)12-7-17-19(2)9-12/h3-7,9,14H,8,10,16H2,1-2H3. The van der Waals surface area contributed by atoms with Gasteiger partial charge in [0.05, 0.1) is 6.20 Å². The molecular weight excluding hydrogens is 304 g/mol. The number of aromatic nitrogens is 2. The van der Waals surface area contributed by atoms with Crippen molar-refractivity contribution in [3.63, 3.8) is 0 Å². The number of nitrogens with two attached hydrogens (primary N) is 1. The molecule has 4 nitrogen and oxygen atoms in total. The van der Waals surface area contributed by atoms with E-state index in [1.165, 1.54) is 5.56 Å². The van der Waals surface area contributed by atoms with E-state index < -0.39 is 0 Å². The lowest BCUT2D eigenvalue weighted by molar-refractivity contribution is 0.305. The third-order valence-electron chi connectivity index (χ3n) is 3.00. The van der Waals surface area contributed by atoms with Gasteiger partial charge >= 0.3 is 0 Å². The van der Waals surface area contributed by atoms with Crippen molar-refractivity contribution >= 4 is 15.9 Å². The first-order valence-corrected chi connectivity index (χ1v) is 7.01. The lowest BCUT2D eigenvalue weighted by atomic mass is 10.1. The van der Waals surface area contributed by atoms with Crippen molar-refractivity contribution in [2.75, 3.05) is 13.6 Å². The highest BCUT2D eigenvalue weighted by Crippen LogP contribution is 2.15. The molecule has 1 heterocycles. The molecule has 0 bridgehead atoms. The number of aryl methyl sites for hydroxylation is 1. The van der Waals surface area contributed by atoms with Crippen molar-refractivity contribution in [3.05, 3.63) is 52.3 Å². The average molecular weight is 323 g/mol. The Labute approximate surface area is 122 Å². The summed E-state index contributed by atoms with van der Waals surface area (Å²) in [6.07, 6.45) is 3.80. The minimum atomic E-state index is -0.00847. The molecule has 102 valence electrons. The predicted octanol–water partition coefficient (Wildman–Crippen LogP) is 2.31. The van der Waals surface area contributed by atoms with Crippen LogP contribution in [0.5, 0.6) is 0 Å². The number of rotatable bonds is 5. The van der Waals surface area contributed by atoms with E-state index in [0.717, 1.165) is 23.1 Å². The van der Waals surface area contributed by atoms with Crippen LogP contribution < -0.4 is 5.73 Å². The van der Waals surface area contributed by atoms with Crippen molar-refractivity contribution in [2.45, 2.75) is 12.6 Å². The highest BCUT2D eigenvalue weighted by Gasteiger charge is 2.11. The van der Waals surface area contributed by atoms with Crippen LogP contribution in [0.4, 0.5) is 0 Å². The van der Waals surface area contributed by atoms with E-state index in [9.17, 15) is 0 Å². The van der Waals surface area contributed by atoms with E-state index in [0.29, 0.717) is 0 Å². The van der Waals surface area contributed by atoms with Gasteiger partial charge in [0.2, 0.25) is 0 Å². The molecule has 1 unspecified atom stereocenters. The van der Waals surface area contributed by atoms with Crippen molar-refractivity contribution < 1.29 is 0 Å². The molecular formula is C14H19BrN4. The summed E-state index contributed by atoms with van der Waals surface area (Å²) in [5, 5.41) is 4.15. The minimum Gasteiger partial charge on any atom is -0.323 e. The first-order chi connectivity index (χ1) is 9.04. The van der Waals surface area contributed by atoms with Gasteiger partial charge in [0.1, 0.15) is 0 Å². The molecule has 0 amide bonds. The highest BCUT2D eigenvalue weighted by molar-refractivity contribution is 9.10. The summed E-state index contributed by atoms with van der Waals surface area (Å²) in [4.78, 5) is 2.22. The Morgan fingerprint density at radius 2 is 2.26 bits per heavy atom. The van der Waals surface area contributed by atoms with E-state index in [2.05, 4.69) is 45.1 Å². The van der Waals surface area contributed by atoms with E-state index in [4.69, 9.17) is 5.73 Å². The lowest BCUT2D eigenvalue weighted by Crippen LogP contribution is -2.28. The maximum absolute atomic E-state index is 6.19. The van der Waals surface area contributed by atoms with Gasteiger partial charge in [0.15, 0.2) is 0 Å². The van der Waals surface area contributed by atoms with Crippen LogP contribution in [-0.2, 0) is 13.6 Å². The highest BCUT2D eigenvalue weighted by atomic mass is 79.9. The van der Waals surface area contributed by atoms with Crippen LogP contribution >= 0.6 is 15.9 Å². The van der Waals surface area contributed by atoms with Crippen molar-refractivity contribution in [1.82, 2.24) is 14.7 Å². The molecule has 0 fully saturated rings. The first-order valence-electron chi connectivity index (χ1n) is 6.21. The molecule has 5 heteroatoms. The maximum Gasteiger partial charge on any atom is 0.0537 e. The second kappa shape index (κ2) is 6.32. The summed E-state index contributed by atoms with van der Waals surface area (Å²) >= 11 is 3.49. The smallest absolute Gasteiger partial charge is 0.0537 e. The lowest BCUT2D eigenvalue weighted by Gasteiger charge is -2.20. The van der Waals surface area contributed by atoms with Crippen LogP contribution in [0.25, 0.3) is 0 Å². The van der Waals surface area contributed by atoms with Crippen LogP contribution in [0.1, 0.15) is 17.2 Å². The van der Waals surface area contributed by atoms with Gasteiger partial charge in [-0.2, -0.15) is 5.10 Å². The molecule has 1 aromatic heterocycles. The van der Waals surface area contributed by atoms with Crippen molar-refractivity contribution in [3.8, 4) is 0 Å². The zero-order valence-electron chi connectivity index (χ0n) is 11.3. The quantitative estimate of drug-likeness (QED) is 0.918. The Bertz CT molecular complexity index is 538. The molecule has 0 saturated heterocycles.